The Morgan fingerprint density at radius 1 is 1.10 bits per heavy atom. The van der Waals surface area contributed by atoms with Gasteiger partial charge in [0.1, 0.15) is 16.2 Å². The highest BCUT2D eigenvalue weighted by molar-refractivity contribution is 7.16. The van der Waals surface area contributed by atoms with Crippen LogP contribution in [0.1, 0.15) is 39.5 Å². The first kappa shape index (κ1) is 19.5. The first-order chi connectivity index (χ1) is 14.1. The molecule has 0 radical (unpaired) electrons. The third-order valence-corrected chi connectivity index (χ3v) is 6.10. The molecular weight excluding hydrogens is 382 g/mol. The number of aromatic amines is 2. The van der Waals surface area contributed by atoms with Gasteiger partial charge in [-0.2, -0.15) is 0 Å². The molecule has 0 spiro atoms. The van der Waals surface area contributed by atoms with E-state index in [4.69, 9.17) is 5.73 Å². The van der Waals surface area contributed by atoms with Crippen molar-refractivity contribution in [2.75, 3.05) is 23.7 Å². The highest BCUT2D eigenvalue weighted by atomic mass is 32.1. The zero-order valence-electron chi connectivity index (χ0n) is 16.9. The second-order valence-corrected chi connectivity index (χ2v) is 8.30. The zero-order chi connectivity index (χ0) is 20.4. The number of fused-ring (bicyclic) bond motifs is 2. The maximum absolute atomic E-state index is 12.6. The van der Waals surface area contributed by atoms with E-state index in [-0.39, 0.29) is 5.56 Å². The van der Waals surface area contributed by atoms with Crippen molar-refractivity contribution < 1.29 is 0 Å². The molecular formula is C22H27N5OS. The number of nitrogens with zero attached hydrogens (tertiary/aromatic N) is 2. The summed E-state index contributed by atoms with van der Waals surface area (Å²) in [5, 5.41) is 2.78. The summed E-state index contributed by atoms with van der Waals surface area (Å²) in [6, 6.07) is 8.18. The quantitative estimate of drug-likeness (QED) is 0.352. The molecule has 0 unspecified atom stereocenters. The van der Waals surface area contributed by atoms with Gasteiger partial charge in [0.2, 0.25) is 0 Å². The van der Waals surface area contributed by atoms with Gasteiger partial charge in [-0.05, 0) is 42.5 Å². The minimum absolute atomic E-state index is 0.219. The van der Waals surface area contributed by atoms with E-state index in [9.17, 15) is 4.79 Å². The van der Waals surface area contributed by atoms with Gasteiger partial charge in [-0.15, -0.1) is 11.3 Å². The van der Waals surface area contributed by atoms with E-state index in [1.54, 1.807) is 0 Å². The van der Waals surface area contributed by atoms with E-state index in [2.05, 4.69) is 45.8 Å². The van der Waals surface area contributed by atoms with Gasteiger partial charge in [-0.3, -0.25) is 4.79 Å². The lowest BCUT2D eigenvalue weighted by atomic mass is 10.2. The number of hydrogen-bond donors (Lipinski definition) is 3. The number of rotatable bonds is 8. The Morgan fingerprint density at radius 2 is 1.97 bits per heavy atom. The van der Waals surface area contributed by atoms with Crippen molar-refractivity contribution in [1.82, 2.24) is 15.0 Å². The number of imidazole rings is 1. The molecule has 0 atom stereocenters. The molecule has 4 N–H and O–H groups in total. The van der Waals surface area contributed by atoms with Crippen LogP contribution in [0.3, 0.4) is 0 Å². The Hall–Kier alpha value is -2.80. The molecule has 3 aromatic heterocycles. The Kier molecular flexibility index (Phi) is 5.58. The SMILES string of the molecule is CCCCCN(CCC)c1ccc2nc(-c3c(N)c4ccsc4[nH]c3=O)[nH]c2c1. The molecule has 0 aliphatic heterocycles. The van der Waals surface area contributed by atoms with E-state index in [1.165, 1.54) is 36.3 Å². The maximum Gasteiger partial charge on any atom is 0.262 e. The minimum atomic E-state index is -0.219. The van der Waals surface area contributed by atoms with Crippen LogP contribution in [-0.2, 0) is 0 Å². The molecule has 1 aromatic carbocycles. The molecule has 3 heterocycles. The Labute approximate surface area is 173 Å². The zero-order valence-corrected chi connectivity index (χ0v) is 17.7. The minimum Gasteiger partial charge on any atom is -0.397 e. The normalized spacial score (nSPS) is 11.5. The van der Waals surface area contributed by atoms with Crippen LogP contribution in [0.5, 0.6) is 0 Å². The standard InChI is InChI=1S/C22H27N5OS/c1-3-5-6-11-27(10-4-2)14-7-8-16-17(13-14)25-20(24-16)18-19(23)15-9-12-29-22(15)26-21(18)28/h7-9,12-13H,3-6,10-11H2,1-2H3,(H,24,25)(H3,23,26,28). The highest BCUT2D eigenvalue weighted by Crippen LogP contribution is 2.31. The smallest absolute Gasteiger partial charge is 0.262 e. The van der Waals surface area contributed by atoms with Crippen LogP contribution in [0.2, 0.25) is 0 Å². The van der Waals surface area contributed by atoms with E-state index >= 15 is 0 Å². The van der Waals surface area contributed by atoms with E-state index in [0.717, 1.165) is 40.8 Å². The van der Waals surface area contributed by atoms with Crippen LogP contribution in [0.25, 0.3) is 32.6 Å². The van der Waals surface area contributed by atoms with Gasteiger partial charge in [0.25, 0.3) is 5.56 Å². The summed E-state index contributed by atoms with van der Waals surface area (Å²) in [4.78, 5) is 26.7. The monoisotopic (exact) mass is 409 g/mol. The second-order valence-electron chi connectivity index (χ2n) is 7.39. The molecule has 4 rings (SSSR count). The van der Waals surface area contributed by atoms with Crippen molar-refractivity contribution in [1.29, 1.82) is 0 Å². The van der Waals surface area contributed by atoms with Crippen LogP contribution in [0.4, 0.5) is 11.4 Å². The molecule has 0 saturated heterocycles. The number of thiophene rings is 1. The Balaban J connectivity index is 1.73. The number of H-pyrrole nitrogens is 2. The first-order valence-corrected chi connectivity index (χ1v) is 11.1. The van der Waals surface area contributed by atoms with Crippen molar-refractivity contribution in [3.8, 4) is 11.4 Å². The average Bonchev–Trinajstić information content (AvgIpc) is 3.33. The van der Waals surface area contributed by atoms with Crippen molar-refractivity contribution in [3.05, 3.63) is 40.0 Å². The topological polar surface area (TPSA) is 90.8 Å². The fraction of sp³-hybridized carbons (Fsp3) is 0.364. The van der Waals surface area contributed by atoms with Crippen LogP contribution in [0.15, 0.2) is 34.4 Å². The lowest BCUT2D eigenvalue weighted by Crippen LogP contribution is -2.25. The third kappa shape index (κ3) is 3.74. The van der Waals surface area contributed by atoms with Gasteiger partial charge < -0.3 is 20.6 Å². The fourth-order valence-electron chi connectivity index (χ4n) is 3.78. The van der Waals surface area contributed by atoms with Crippen LogP contribution in [-0.4, -0.2) is 28.0 Å². The van der Waals surface area contributed by atoms with Gasteiger partial charge in [-0.25, -0.2) is 4.98 Å². The number of benzene rings is 1. The summed E-state index contributed by atoms with van der Waals surface area (Å²) < 4.78 is 0. The van der Waals surface area contributed by atoms with Gasteiger partial charge in [0.15, 0.2) is 0 Å². The Morgan fingerprint density at radius 3 is 2.76 bits per heavy atom. The fourth-order valence-corrected chi connectivity index (χ4v) is 4.58. The van der Waals surface area contributed by atoms with Crippen molar-refractivity contribution in [2.45, 2.75) is 39.5 Å². The number of hydrogen-bond acceptors (Lipinski definition) is 5. The number of aromatic nitrogens is 3. The van der Waals surface area contributed by atoms with E-state index < -0.39 is 0 Å². The highest BCUT2D eigenvalue weighted by Gasteiger charge is 2.17. The summed E-state index contributed by atoms with van der Waals surface area (Å²) >= 11 is 1.47. The largest absolute Gasteiger partial charge is 0.397 e. The third-order valence-electron chi connectivity index (χ3n) is 5.27. The number of anilines is 2. The van der Waals surface area contributed by atoms with Crippen LogP contribution >= 0.6 is 11.3 Å². The number of nitrogens with two attached hydrogens (primary N) is 1. The van der Waals surface area contributed by atoms with E-state index in [0.29, 0.717) is 17.1 Å². The summed E-state index contributed by atoms with van der Waals surface area (Å²) in [6.07, 6.45) is 4.75. The van der Waals surface area contributed by atoms with Crippen molar-refractivity contribution in [2.24, 2.45) is 0 Å². The summed E-state index contributed by atoms with van der Waals surface area (Å²) in [5.41, 5.74) is 9.91. The average molecular weight is 410 g/mol. The molecule has 4 aromatic rings. The van der Waals surface area contributed by atoms with Gasteiger partial charge in [0.05, 0.1) is 16.7 Å². The molecule has 0 aliphatic rings. The molecule has 7 heteroatoms. The van der Waals surface area contributed by atoms with Gasteiger partial charge in [-0.1, -0.05) is 26.7 Å². The number of nitrogens with one attached hydrogen (secondary N) is 2. The van der Waals surface area contributed by atoms with Gasteiger partial charge >= 0.3 is 0 Å². The van der Waals surface area contributed by atoms with E-state index in [1.807, 2.05) is 17.5 Å². The summed E-state index contributed by atoms with van der Waals surface area (Å²) in [6.45, 7) is 6.51. The lowest BCUT2D eigenvalue weighted by molar-refractivity contribution is 0.669. The van der Waals surface area contributed by atoms with Crippen molar-refractivity contribution in [3.63, 3.8) is 0 Å². The molecule has 0 saturated carbocycles. The van der Waals surface area contributed by atoms with Crippen LogP contribution < -0.4 is 16.2 Å². The Bertz CT molecular complexity index is 1190. The number of unbranched alkanes of at least 4 members (excludes halogenated alkanes) is 2. The van der Waals surface area contributed by atoms with Crippen LogP contribution in [0, 0.1) is 0 Å². The number of pyridine rings is 1. The molecule has 0 aliphatic carbocycles. The predicted octanol–water partition coefficient (Wildman–Crippen LogP) is 5.12. The predicted molar refractivity (Wildman–Crippen MR) is 124 cm³/mol. The van der Waals surface area contributed by atoms with Gasteiger partial charge in [0, 0.05) is 24.2 Å². The molecule has 0 fully saturated rings. The number of nitrogen functional groups attached to an aromatic ring is 1. The summed E-state index contributed by atoms with van der Waals surface area (Å²) in [7, 11) is 0. The second kappa shape index (κ2) is 8.29. The molecule has 0 bridgehead atoms. The maximum atomic E-state index is 12.6. The molecule has 6 nitrogen and oxygen atoms in total. The molecule has 152 valence electrons. The molecule has 0 amide bonds. The molecule has 29 heavy (non-hydrogen) atoms. The lowest BCUT2D eigenvalue weighted by Gasteiger charge is -2.24. The van der Waals surface area contributed by atoms with Crippen molar-refractivity contribution >= 4 is 44.0 Å². The summed E-state index contributed by atoms with van der Waals surface area (Å²) in [5.74, 6) is 0.511. The first-order valence-electron chi connectivity index (χ1n) is 10.3.